The summed E-state index contributed by atoms with van der Waals surface area (Å²) in [6, 6.07) is 8.00. The van der Waals surface area contributed by atoms with Gasteiger partial charge in [0.15, 0.2) is 5.96 Å². The van der Waals surface area contributed by atoms with Crippen molar-refractivity contribution in [3.05, 3.63) is 29.8 Å². The fourth-order valence-electron chi connectivity index (χ4n) is 4.14. The summed E-state index contributed by atoms with van der Waals surface area (Å²) < 4.78 is 11.2. The quantitative estimate of drug-likeness (QED) is 0.301. The van der Waals surface area contributed by atoms with Gasteiger partial charge in [-0.25, -0.2) is 0 Å². The average Bonchev–Trinajstić information content (AvgIpc) is 3.34. The molecule has 2 aliphatic rings. The van der Waals surface area contributed by atoms with Crippen molar-refractivity contribution >= 4 is 17.6 Å². The first-order chi connectivity index (χ1) is 15.2. The number of nitrogens with one attached hydrogen (secondary N) is 3. The second-order valence-electron chi connectivity index (χ2n) is 8.51. The second kappa shape index (κ2) is 13.3. The van der Waals surface area contributed by atoms with Gasteiger partial charge in [0.1, 0.15) is 0 Å². The Balaban J connectivity index is 1.31. The Morgan fingerprint density at radius 2 is 1.97 bits per heavy atom. The van der Waals surface area contributed by atoms with Crippen LogP contribution in [0.5, 0.6) is 0 Å². The van der Waals surface area contributed by atoms with E-state index in [0.717, 1.165) is 95.1 Å². The molecule has 2 fully saturated rings. The molecule has 3 rings (SSSR count). The summed E-state index contributed by atoms with van der Waals surface area (Å²) in [5.74, 6) is 1.74. The van der Waals surface area contributed by atoms with Crippen LogP contribution >= 0.6 is 0 Å². The SMILES string of the molecule is CN=C(NCCCOCC1CCOCC1)NCc1cccc(NC(=O)C2CCCC2)c1. The minimum atomic E-state index is 0.152. The average molecular weight is 431 g/mol. The first-order valence-electron chi connectivity index (χ1n) is 11.7. The Morgan fingerprint density at radius 3 is 2.74 bits per heavy atom. The molecule has 3 N–H and O–H groups in total. The van der Waals surface area contributed by atoms with Gasteiger partial charge in [0, 0.05) is 58.2 Å². The lowest BCUT2D eigenvalue weighted by Gasteiger charge is -2.21. The van der Waals surface area contributed by atoms with E-state index in [2.05, 4.69) is 27.0 Å². The van der Waals surface area contributed by atoms with Crippen LogP contribution in [0.15, 0.2) is 29.3 Å². The predicted octanol–water partition coefficient (Wildman–Crippen LogP) is 3.31. The molecule has 0 bridgehead atoms. The summed E-state index contributed by atoms with van der Waals surface area (Å²) in [5.41, 5.74) is 1.97. The van der Waals surface area contributed by atoms with Gasteiger partial charge in [0.05, 0.1) is 0 Å². The third kappa shape index (κ3) is 8.50. The fourth-order valence-corrected chi connectivity index (χ4v) is 4.14. The minimum Gasteiger partial charge on any atom is -0.381 e. The highest BCUT2D eigenvalue weighted by Gasteiger charge is 2.22. The smallest absolute Gasteiger partial charge is 0.227 e. The standard InChI is InChI=1S/C24H38N4O3/c1-25-24(26-12-5-13-31-18-19-10-14-30-15-11-19)27-17-20-6-4-9-22(16-20)28-23(29)21-7-2-3-8-21/h4,6,9,16,19,21H,2-3,5,7-8,10-15,17-18H2,1H3,(H,28,29)(H2,25,26,27). The highest BCUT2D eigenvalue weighted by atomic mass is 16.5. The van der Waals surface area contributed by atoms with Crippen LogP contribution in [0, 0.1) is 11.8 Å². The molecule has 1 saturated heterocycles. The van der Waals surface area contributed by atoms with Crippen molar-refractivity contribution in [2.45, 2.75) is 51.5 Å². The molecular formula is C24H38N4O3. The van der Waals surface area contributed by atoms with Gasteiger partial charge in [-0.15, -0.1) is 0 Å². The molecule has 1 saturated carbocycles. The zero-order valence-corrected chi connectivity index (χ0v) is 18.8. The molecule has 0 unspecified atom stereocenters. The topological polar surface area (TPSA) is 84.0 Å². The number of aliphatic imine (C=N–C) groups is 1. The summed E-state index contributed by atoms with van der Waals surface area (Å²) in [7, 11) is 1.77. The van der Waals surface area contributed by atoms with Crippen LogP contribution in [0.3, 0.4) is 0 Å². The van der Waals surface area contributed by atoms with Gasteiger partial charge < -0.3 is 25.4 Å². The molecule has 0 aromatic heterocycles. The van der Waals surface area contributed by atoms with Crippen molar-refractivity contribution in [1.82, 2.24) is 10.6 Å². The monoisotopic (exact) mass is 430 g/mol. The van der Waals surface area contributed by atoms with Gasteiger partial charge in [0.2, 0.25) is 5.91 Å². The van der Waals surface area contributed by atoms with Crippen molar-refractivity contribution in [1.29, 1.82) is 0 Å². The van der Waals surface area contributed by atoms with E-state index in [0.29, 0.717) is 12.5 Å². The third-order valence-electron chi connectivity index (χ3n) is 6.06. The number of benzene rings is 1. The van der Waals surface area contributed by atoms with Crippen LogP contribution in [0.25, 0.3) is 0 Å². The number of amides is 1. The zero-order valence-electron chi connectivity index (χ0n) is 18.8. The van der Waals surface area contributed by atoms with Crippen LogP contribution < -0.4 is 16.0 Å². The van der Waals surface area contributed by atoms with Crippen molar-refractivity contribution < 1.29 is 14.3 Å². The van der Waals surface area contributed by atoms with E-state index >= 15 is 0 Å². The maximum absolute atomic E-state index is 12.3. The largest absolute Gasteiger partial charge is 0.381 e. The van der Waals surface area contributed by atoms with E-state index < -0.39 is 0 Å². The number of carbonyl (C=O) groups excluding carboxylic acids is 1. The number of anilines is 1. The number of hydrogen-bond donors (Lipinski definition) is 3. The first-order valence-corrected chi connectivity index (χ1v) is 11.7. The van der Waals surface area contributed by atoms with Gasteiger partial charge in [-0.05, 0) is 55.7 Å². The highest BCUT2D eigenvalue weighted by Crippen LogP contribution is 2.26. The normalized spacial score (nSPS) is 18.2. The van der Waals surface area contributed by atoms with Crippen molar-refractivity contribution in [2.24, 2.45) is 16.8 Å². The lowest BCUT2D eigenvalue weighted by molar-refractivity contribution is -0.119. The number of guanidine groups is 1. The highest BCUT2D eigenvalue weighted by molar-refractivity contribution is 5.92. The molecule has 0 radical (unpaired) electrons. The molecule has 1 aliphatic heterocycles. The summed E-state index contributed by atoms with van der Waals surface area (Å²) in [5, 5.41) is 9.74. The van der Waals surface area contributed by atoms with Crippen molar-refractivity contribution in [3.63, 3.8) is 0 Å². The maximum Gasteiger partial charge on any atom is 0.227 e. The molecule has 0 spiro atoms. The number of carbonyl (C=O) groups is 1. The maximum atomic E-state index is 12.3. The third-order valence-corrected chi connectivity index (χ3v) is 6.06. The Labute approximate surface area is 186 Å². The zero-order chi connectivity index (χ0) is 21.7. The lowest BCUT2D eigenvalue weighted by Crippen LogP contribution is -2.37. The van der Waals surface area contributed by atoms with Crippen LogP contribution in [0.2, 0.25) is 0 Å². The minimum absolute atomic E-state index is 0.152. The van der Waals surface area contributed by atoms with Crippen LogP contribution in [-0.4, -0.2) is 51.9 Å². The molecule has 1 amide bonds. The summed E-state index contributed by atoms with van der Waals surface area (Å²) in [6.45, 7) is 4.78. The Morgan fingerprint density at radius 1 is 1.16 bits per heavy atom. The van der Waals surface area contributed by atoms with E-state index in [9.17, 15) is 4.79 Å². The Bertz CT molecular complexity index is 698. The molecule has 31 heavy (non-hydrogen) atoms. The number of hydrogen-bond acceptors (Lipinski definition) is 4. The van der Waals surface area contributed by atoms with Gasteiger partial charge in [-0.1, -0.05) is 25.0 Å². The van der Waals surface area contributed by atoms with E-state index in [1.54, 1.807) is 7.05 Å². The molecule has 172 valence electrons. The van der Waals surface area contributed by atoms with E-state index in [-0.39, 0.29) is 11.8 Å². The fraction of sp³-hybridized carbons (Fsp3) is 0.667. The number of nitrogens with zero attached hydrogens (tertiary/aromatic N) is 1. The Hall–Kier alpha value is -2.12. The molecule has 1 aliphatic carbocycles. The van der Waals surface area contributed by atoms with Crippen molar-refractivity contribution in [2.75, 3.05) is 45.3 Å². The molecule has 1 heterocycles. The van der Waals surface area contributed by atoms with Crippen LogP contribution in [0.1, 0.15) is 50.5 Å². The van der Waals surface area contributed by atoms with Gasteiger partial charge in [0.25, 0.3) is 0 Å². The van der Waals surface area contributed by atoms with E-state index in [1.807, 2.05) is 18.2 Å². The van der Waals surface area contributed by atoms with Crippen LogP contribution in [-0.2, 0) is 20.8 Å². The molecule has 1 aromatic rings. The number of rotatable bonds is 10. The summed E-state index contributed by atoms with van der Waals surface area (Å²) >= 11 is 0. The second-order valence-corrected chi connectivity index (χ2v) is 8.51. The summed E-state index contributed by atoms with van der Waals surface area (Å²) in [4.78, 5) is 16.6. The van der Waals surface area contributed by atoms with Gasteiger partial charge in [-0.3, -0.25) is 9.79 Å². The molecule has 7 nitrogen and oxygen atoms in total. The number of ether oxygens (including phenoxy) is 2. The molecule has 0 atom stereocenters. The van der Waals surface area contributed by atoms with Crippen LogP contribution in [0.4, 0.5) is 5.69 Å². The van der Waals surface area contributed by atoms with Gasteiger partial charge in [-0.2, -0.15) is 0 Å². The van der Waals surface area contributed by atoms with E-state index in [1.165, 1.54) is 0 Å². The molecule has 7 heteroatoms. The first kappa shape index (κ1) is 23.5. The lowest BCUT2D eigenvalue weighted by atomic mass is 10.0. The van der Waals surface area contributed by atoms with Gasteiger partial charge >= 0.3 is 0 Å². The Kier molecular flexibility index (Phi) is 10.1. The predicted molar refractivity (Wildman–Crippen MR) is 124 cm³/mol. The summed E-state index contributed by atoms with van der Waals surface area (Å²) in [6.07, 6.45) is 7.50. The van der Waals surface area contributed by atoms with E-state index in [4.69, 9.17) is 9.47 Å². The molecular weight excluding hydrogens is 392 g/mol. The van der Waals surface area contributed by atoms with Crippen molar-refractivity contribution in [3.8, 4) is 0 Å². The molecule has 1 aromatic carbocycles.